The topological polar surface area (TPSA) is 34.1 Å². The number of anilines is 2. The summed E-state index contributed by atoms with van der Waals surface area (Å²) < 4.78 is 5.22. The lowest BCUT2D eigenvalue weighted by Crippen LogP contribution is -1.97. The Morgan fingerprint density at radius 3 is 2.42 bits per heavy atom. The summed E-state index contributed by atoms with van der Waals surface area (Å²) in [6.45, 7) is 0. The summed E-state index contributed by atoms with van der Waals surface area (Å²) in [5, 5.41) is 6.14. The number of fused-ring (bicyclic) bond motifs is 1. The van der Waals surface area contributed by atoms with Gasteiger partial charge in [0.2, 0.25) is 0 Å². The number of halogens is 1. The van der Waals surface area contributed by atoms with Gasteiger partial charge in [0.15, 0.2) is 0 Å². The highest BCUT2D eigenvalue weighted by Gasteiger charge is 2.09. The maximum Gasteiger partial charge on any atom is 0.138 e. The van der Waals surface area contributed by atoms with Crippen molar-refractivity contribution in [3.8, 4) is 17.0 Å². The Labute approximate surface area is 157 Å². The molecular formula is C22H17ClN2O. The predicted octanol–water partition coefficient (Wildman–Crippen LogP) is 6.31. The molecule has 4 heteroatoms. The first-order chi connectivity index (χ1) is 12.7. The number of pyridine rings is 1. The van der Waals surface area contributed by atoms with E-state index in [2.05, 4.69) is 35.6 Å². The molecule has 0 atom stereocenters. The number of hydrogen-bond donors (Lipinski definition) is 1. The monoisotopic (exact) mass is 360 g/mol. The van der Waals surface area contributed by atoms with Crippen LogP contribution >= 0.6 is 11.6 Å². The first-order valence-corrected chi connectivity index (χ1v) is 8.68. The van der Waals surface area contributed by atoms with Crippen molar-refractivity contribution in [1.82, 2.24) is 4.98 Å². The number of ether oxygens (including phenoxy) is 1. The molecule has 1 N–H and O–H groups in total. The van der Waals surface area contributed by atoms with Crippen LogP contribution in [-0.4, -0.2) is 12.1 Å². The lowest BCUT2D eigenvalue weighted by atomic mass is 10.1. The van der Waals surface area contributed by atoms with E-state index in [1.165, 1.54) is 0 Å². The zero-order valence-electron chi connectivity index (χ0n) is 14.2. The molecule has 0 amide bonds. The lowest BCUT2D eigenvalue weighted by Gasteiger charge is -2.13. The minimum Gasteiger partial charge on any atom is -0.495 e. The molecule has 0 saturated heterocycles. The number of aromatic nitrogens is 1. The van der Waals surface area contributed by atoms with Crippen molar-refractivity contribution < 1.29 is 4.74 Å². The van der Waals surface area contributed by atoms with Gasteiger partial charge < -0.3 is 10.1 Å². The highest BCUT2D eigenvalue weighted by molar-refractivity contribution is 6.32. The Morgan fingerprint density at radius 1 is 0.885 bits per heavy atom. The molecule has 0 aliphatic heterocycles. The maximum atomic E-state index is 6.26. The lowest BCUT2D eigenvalue weighted by molar-refractivity contribution is 0.415. The van der Waals surface area contributed by atoms with Crippen LogP contribution in [0.1, 0.15) is 0 Å². The zero-order chi connectivity index (χ0) is 17.9. The van der Waals surface area contributed by atoms with Crippen LogP contribution in [-0.2, 0) is 0 Å². The van der Waals surface area contributed by atoms with Crippen LogP contribution in [0.5, 0.6) is 5.75 Å². The van der Waals surface area contributed by atoms with Crippen LogP contribution in [0.4, 0.5) is 11.5 Å². The largest absolute Gasteiger partial charge is 0.495 e. The minimum atomic E-state index is 0.556. The Hall–Kier alpha value is -3.04. The summed E-state index contributed by atoms with van der Waals surface area (Å²) >= 11 is 6.26. The summed E-state index contributed by atoms with van der Waals surface area (Å²) in [6.07, 6.45) is 0. The Bertz CT molecular complexity index is 1060. The fourth-order valence-corrected chi connectivity index (χ4v) is 3.19. The third-order valence-electron chi connectivity index (χ3n) is 4.22. The smallest absolute Gasteiger partial charge is 0.138 e. The molecule has 3 aromatic carbocycles. The van der Waals surface area contributed by atoms with E-state index in [0.717, 1.165) is 33.5 Å². The molecule has 0 spiro atoms. The summed E-state index contributed by atoms with van der Waals surface area (Å²) in [5.41, 5.74) is 2.86. The van der Waals surface area contributed by atoms with Crippen molar-refractivity contribution >= 4 is 33.9 Å². The Balaban J connectivity index is 1.82. The summed E-state index contributed by atoms with van der Waals surface area (Å²) in [7, 11) is 1.60. The number of benzene rings is 3. The van der Waals surface area contributed by atoms with Crippen LogP contribution in [0.2, 0.25) is 5.02 Å². The van der Waals surface area contributed by atoms with Crippen LogP contribution in [0.15, 0.2) is 78.9 Å². The van der Waals surface area contributed by atoms with Gasteiger partial charge in [-0.1, -0.05) is 66.2 Å². The van der Waals surface area contributed by atoms with E-state index in [1.54, 1.807) is 7.11 Å². The molecule has 4 rings (SSSR count). The van der Waals surface area contributed by atoms with E-state index in [0.29, 0.717) is 10.8 Å². The molecule has 0 unspecified atom stereocenters. The molecule has 1 heterocycles. The molecule has 0 aliphatic carbocycles. The van der Waals surface area contributed by atoms with Gasteiger partial charge in [-0.25, -0.2) is 4.98 Å². The van der Waals surface area contributed by atoms with Gasteiger partial charge in [0.05, 0.1) is 17.8 Å². The predicted molar refractivity (Wildman–Crippen MR) is 108 cm³/mol. The van der Waals surface area contributed by atoms with Gasteiger partial charge in [0, 0.05) is 16.6 Å². The third kappa shape index (κ3) is 3.22. The van der Waals surface area contributed by atoms with Crippen LogP contribution in [0, 0.1) is 0 Å². The number of methoxy groups -OCH3 is 1. The minimum absolute atomic E-state index is 0.556. The van der Waals surface area contributed by atoms with Gasteiger partial charge in [0.1, 0.15) is 11.6 Å². The van der Waals surface area contributed by atoms with Crippen molar-refractivity contribution in [3.05, 3.63) is 83.9 Å². The summed E-state index contributed by atoms with van der Waals surface area (Å²) in [5.74, 6) is 1.44. The molecule has 4 aromatic rings. The van der Waals surface area contributed by atoms with Gasteiger partial charge >= 0.3 is 0 Å². The van der Waals surface area contributed by atoms with Crippen LogP contribution < -0.4 is 10.1 Å². The van der Waals surface area contributed by atoms with E-state index < -0.39 is 0 Å². The SMILES string of the molecule is COc1ccc(Nc2nc(-c3ccccc3)cc3ccccc23)cc1Cl. The van der Waals surface area contributed by atoms with Gasteiger partial charge in [-0.15, -0.1) is 0 Å². The van der Waals surface area contributed by atoms with Crippen molar-refractivity contribution in [3.63, 3.8) is 0 Å². The number of rotatable bonds is 4. The van der Waals surface area contributed by atoms with E-state index in [4.69, 9.17) is 21.3 Å². The quantitative estimate of drug-likeness (QED) is 0.463. The van der Waals surface area contributed by atoms with Crippen LogP contribution in [0.3, 0.4) is 0 Å². The van der Waals surface area contributed by atoms with Gasteiger partial charge in [-0.05, 0) is 29.7 Å². The highest BCUT2D eigenvalue weighted by atomic mass is 35.5. The number of hydrogen-bond acceptors (Lipinski definition) is 3. The first-order valence-electron chi connectivity index (χ1n) is 8.30. The fourth-order valence-electron chi connectivity index (χ4n) is 2.93. The van der Waals surface area contributed by atoms with E-state index in [9.17, 15) is 0 Å². The fraction of sp³-hybridized carbons (Fsp3) is 0.0455. The maximum absolute atomic E-state index is 6.26. The molecule has 1 aromatic heterocycles. The van der Waals surface area contributed by atoms with Gasteiger partial charge in [0.25, 0.3) is 0 Å². The molecule has 0 bridgehead atoms. The molecule has 0 radical (unpaired) electrons. The average Bonchev–Trinajstić information content (AvgIpc) is 2.69. The highest BCUT2D eigenvalue weighted by Crippen LogP contribution is 2.32. The molecular weight excluding hydrogens is 344 g/mol. The molecule has 3 nitrogen and oxygen atoms in total. The van der Waals surface area contributed by atoms with E-state index >= 15 is 0 Å². The summed E-state index contributed by atoms with van der Waals surface area (Å²) in [6, 6.07) is 26.1. The van der Waals surface area contributed by atoms with Crippen molar-refractivity contribution in [2.75, 3.05) is 12.4 Å². The zero-order valence-corrected chi connectivity index (χ0v) is 15.0. The van der Waals surface area contributed by atoms with Gasteiger partial charge in [-0.2, -0.15) is 0 Å². The van der Waals surface area contributed by atoms with Crippen molar-refractivity contribution in [1.29, 1.82) is 0 Å². The molecule has 26 heavy (non-hydrogen) atoms. The van der Waals surface area contributed by atoms with Crippen molar-refractivity contribution in [2.24, 2.45) is 0 Å². The summed E-state index contributed by atoms with van der Waals surface area (Å²) in [4.78, 5) is 4.85. The second-order valence-electron chi connectivity index (χ2n) is 5.92. The first kappa shape index (κ1) is 16.4. The Kier molecular flexibility index (Phi) is 4.46. The molecule has 128 valence electrons. The second kappa shape index (κ2) is 7.06. The Morgan fingerprint density at radius 2 is 1.65 bits per heavy atom. The normalized spacial score (nSPS) is 10.7. The number of nitrogens with zero attached hydrogens (tertiary/aromatic N) is 1. The third-order valence-corrected chi connectivity index (χ3v) is 4.52. The molecule has 0 aliphatic rings. The molecule has 0 saturated carbocycles. The second-order valence-corrected chi connectivity index (χ2v) is 6.32. The standard InChI is InChI=1S/C22H17ClN2O/c1-26-21-12-11-17(14-19(21)23)24-22-18-10-6-5-9-16(18)13-20(25-22)15-7-3-2-4-8-15/h2-14H,1H3,(H,24,25). The number of nitrogens with one attached hydrogen (secondary N) is 1. The van der Waals surface area contributed by atoms with Gasteiger partial charge in [-0.3, -0.25) is 0 Å². The molecule has 0 fully saturated rings. The average molecular weight is 361 g/mol. The van der Waals surface area contributed by atoms with E-state index in [1.807, 2.05) is 48.5 Å². The van der Waals surface area contributed by atoms with Crippen molar-refractivity contribution in [2.45, 2.75) is 0 Å². The van der Waals surface area contributed by atoms with Crippen LogP contribution in [0.25, 0.3) is 22.0 Å². The van der Waals surface area contributed by atoms with E-state index in [-0.39, 0.29) is 0 Å².